The number of aryl methyl sites for hydroxylation is 1. The van der Waals surface area contributed by atoms with E-state index in [1.54, 1.807) is 36.4 Å². The fraction of sp³-hybridized carbons (Fsp3) is 0.278. The van der Waals surface area contributed by atoms with E-state index in [1.165, 1.54) is 24.1 Å². The van der Waals surface area contributed by atoms with E-state index in [-0.39, 0.29) is 29.7 Å². The molecule has 1 atom stereocenters. The lowest BCUT2D eigenvalue weighted by atomic mass is 10.0. The highest BCUT2D eigenvalue weighted by atomic mass is 79.9. The van der Waals surface area contributed by atoms with Gasteiger partial charge in [-0.15, -0.1) is 0 Å². The molecule has 4 rings (SSSR count). The minimum atomic E-state index is -4.20. The molecule has 242 valence electrons. The number of rotatable bonds is 14. The van der Waals surface area contributed by atoms with Crippen LogP contribution in [-0.2, 0) is 32.6 Å². The molecule has 0 bridgehead atoms. The van der Waals surface area contributed by atoms with Crippen LogP contribution in [0.3, 0.4) is 0 Å². The maximum atomic E-state index is 14.5. The van der Waals surface area contributed by atoms with Gasteiger partial charge in [-0.3, -0.25) is 13.9 Å². The summed E-state index contributed by atoms with van der Waals surface area (Å²) in [5, 5.41) is 3.01. The number of sulfonamides is 1. The summed E-state index contributed by atoms with van der Waals surface area (Å²) in [7, 11) is -2.70. The molecule has 0 saturated carbocycles. The number of anilines is 1. The number of ether oxygens (including phenoxy) is 1. The van der Waals surface area contributed by atoms with Gasteiger partial charge in [-0.2, -0.15) is 0 Å². The molecular weight excluding hydrogens is 666 g/mol. The van der Waals surface area contributed by atoms with Gasteiger partial charge >= 0.3 is 0 Å². The molecule has 0 aliphatic carbocycles. The predicted octanol–water partition coefficient (Wildman–Crippen LogP) is 6.37. The molecule has 10 heteroatoms. The highest BCUT2D eigenvalue weighted by Gasteiger charge is 2.34. The van der Waals surface area contributed by atoms with E-state index in [4.69, 9.17) is 4.74 Å². The topological polar surface area (TPSA) is 96.0 Å². The minimum absolute atomic E-state index is 0.0108. The first-order chi connectivity index (χ1) is 22.0. The SMILES string of the molecule is COc1ccc(S(=O)(=O)N(CC(=O)N(Cc2ccc(Br)cc2)C(Cc2ccccc2)C(=O)NCC(C)C)c2ccc(C)cc2)cc1. The summed E-state index contributed by atoms with van der Waals surface area (Å²) < 4.78 is 35.6. The van der Waals surface area contributed by atoms with Crippen LogP contribution in [-0.4, -0.2) is 51.4 Å². The first-order valence-corrected chi connectivity index (χ1v) is 17.3. The Morgan fingerprint density at radius 2 is 1.48 bits per heavy atom. The molecule has 2 amide bonds. The molecule has 0 aromatic heterocycles. The van der Waals surface area contributed by atoms with Gasteiger partial charge in [0.2, 0.25) is 11.8 Å². The lowest BCUT2D eigenvalue weighted by molar-refractivity contribution is -0.140. The van der Waals surface area contributed by atoms with E-state index < -0.39 is 28.5 Å². The van der Waals surface area contributed by atoms with Gasteiger partial charge in [0.1, 0.15) is 18.3 Å². The van der Waals surface area contributed by atoms with Gasteiger partial charge in [-0.05, 0) is 72.5 Å². The molecule has 1 N–H and O–H groups in total. The summed E-state index contributed by atoms with van der Waals surface area (Å²) in [4.78, 5) is 29.9. The van der Waals surface area contributed by atoms with E-state index in [0.29, 0.717) is 18.0 Å². The zero-order valence-electron chi connectivity index (χ0n) is 26.5. The van der Waals surface area contributed by atoms with Gasteiger partial charge in [-0.25, -0.2) is 8.42 Å². The highest BCUT2D eigenvalue weighted by molar-refractivity contribution is 9.10. The fourth-order valence-electron chi connectivity index (χ4n) is 4.88. The van der Waals surface area contributed by atoms with E-state index >= 15 is 0 Å². The zero-order valence-corrected chi connectivity index (χ0v) is 28.9. The fourth-order valence-corrected chi connectivity index (χ4v) is 6.56. The zero-order chi connectivity index (χ0) is 33.3. The van der Waals surface area contributed by atoms with E-state index in [0.717, 1.165) is 25.5 Å². The number of hydrogen-bond acceptors (Lipinski definition) is 5. The summed E-state index contributed by atoms with van der Waals surface area (Å²) in [6, 6.07) is 29.1. The van der Waals surface area contributed by atoms with E-state index in [2.05, 4.69) is 21.2 Å². The summed E-state index contributed by atoms with van der Waals surface area (Å²) in [6.45, 7) is 5.92. The highest BCUT2D eigenvalue weighted by Crippen LogP contribution is 2.27. The number of nitrogens with zero attached hydrogens (tertiary/aromatic N) is 2. The van der Waals surface area contributed by atoms with Crippen molar-refractivity contribution in [3.8, 4) is 5.75 Å². The Kier molecular flexibility index (Phi) is 12.0. The number of hydrogen-bond donors (Lipinski definition) is 1. The molecule has 0 spiro atoms. The number of carbonyl (C=O) groups excluding carboxylic acids is 2. The summed E-state index contributed by atoms with van der Waals surface area (Å²) >= 11 is 3.46. The Morgan fingerprint density at radius 3 is 2.07 bits per heavy atom. The second kappa shape index (κ2) is 15.9. The molecule has 4 aromatic rings. The van der Waals surface area contributed by atoms with Crippen molar-refractivity contribution in [2.45, 2.75) is 44.7 Å². The number of carbonyl (C=O) groups is 2. The van der Waals surface area contributed by atoms with Crippen LogP contribution in [0.15, 0.2) is 112 Å². The molecule has 4 aromatic carbocycles. The van der Waals surface area contributed by atoms with Gasteiger partial charge in [0.15, 0.2) is 0 Å². The van der Waals surface area contributed by atoms with Crippen LogP contribution in [0, 0.1) is 12.8 Å². The Morgan fingerprint density at radius 1 is 0.848 bits per heavy atom. The molecule has 0 radical (unpaired) electrons. The van der Waals surface area contributed by atoms with Crippen molar-refractivity contribution < 1.29 is 22.7 Å². The van der Waals surface area contributed by atoms with Crippen molar-refractivity contribution in [2.75, 3.05) is 24.5 Å². The first kappa shape index (κ1) is 34.7. The number of methoxy groups -OCH3 is 1. The Balaban J connectivity index is 1.79. The van der Waals surface area contributed by atoms with E-state index in [1.807, 2.05) is 75.4 Å². The second-order valence-electron chi connectivity index (χ2n) is 11.5. The smallest absolute Gasteiger partial charge is 0.264 e. The number of amides is 2. The summed E-state index contributed by atoms with van der Waals surface area (Å²) in [5.74, 6) is -0.110. The van der Waals surface area contributed by atoms with Gasteiger partial charge in [0.25, 0.3) is 10.0 Å². The average Bonchev–Trinajstić information content (AvgIpc) is 3.05. The second-order valence-corrected chi connectivity index (χ2v) is 14.3. The first-order valence-electron chi connectivity index (χ1n) is 15.1. The monoisotopic (exact) mass is 705 g/mol. The third-order valence-electron chi connectivity index (χ3n) is 7.47. The number of halogens is 1. The van der Waals surface area contributed by atoms with Crippen molar-refractivity contribution in [1.29, 1.82) is 0 Å². The number of benzene rings is 4. The Hall–Kier alpha value is -4.15. The quantitative estimate of drug-likeness (QED) is 0.164. The molecule has 0 aliphatic heterocycles. The van der Waals surface area contributed by atoms with Crippen LogP contribution in [0.4, 0.5) is 5.69 Å². The standard InChI is InChI=1S/C36H40BrN3O5S/c1-26(2)23-38-36(42)34(22-28-8-6-5-7-9-28)39(24-29-12-14-30(37)15-13-29)35(41)25-40(31-16-10-27(3)11-17-31)46(43,44)33-20-18-32(45-4)19-21-33/h5-21,26,34H,22-25H2,1-4H3,(H,38,42). The molecule has 0 aliphatic rings. The lowest BCUT2D eigenvalue weighted by Crippen LogP contribution is -2.53. The van der Waals surface area contributed by atoms with Crippen LogP contribution < -0.4 is 14.4 Å². The Bertz CT molecular complexity index is 1700. The van der Waals surface area contributed by atoms with Gasteiger partial charge in [-0.1, -0.05) is 89.9 Å². The third-order valence-corrected chi connectivity index (χ3v) is 9.79. The van der Waals surface area contributed by atoms with Crippen LogP contribution in [0.25, 0.3) is 0 Å². The van der Waals surface area contributed by atoms with Crippen molar-refractivity contribution in [3.63, 3.8) is 0 Å². The largest absolute Gasteiger partial charge is 0.497 e. The molecule has 1 unspecified atom stereocenters. The Labute approximate surface area is 280 Å². The minimum Gasteiger partial charge on any atom is -0.497 e. The van der Waals surface area contributed by atoms with Crippen molar-refractivity contribution in [1.82, 2.24) is 10.2 Å². The summed E-state index contributed by atoms with van der Waals surface area (Å²) in [6.07, 6.45) is 0.253. The van der Waals surface area contributed by atoms with Gasteiger partial charge < -0.3 is 15.0 Å². The maximum Gasteiger partial charge on any atom is 0.264 e. The van der Waals surface area contributed by atoms with Crippen LogP contribution in [0.5, 0.6) is 5.75 Å². The molecule has 0 fully saturated rings. The van der Waals surface area contributed by atoms with Crippen molar-refractivity contribution in [3.05, 3.63) is 124 Å². The lowest BCUT2D eigenvalue weighted by Gasteiger charge is -2.34. The predicted molar refractivity (Wildman–Crippen MR) is 185 cm³/mol. The maximum absolute atomic E-state index is 14.5. The third kappa shape index (κ3) is 9.20. The summed E-state index contributed by atoms with van der Waals surface area (Å²) in [5.41, 5.74) is 2.95. The van der Waals surface area contributed by atoms with Crippen LogP contribution in [0.2, 0.25) is 0 Å². The van der Waals surface area contributed by atoms with Crippen LogP contribution in [0.1, 0.15) is 30.5 Å². The van der Waals surface area contributed by atoms with Crippen molar-refractivity contribution in [2.24, 2.45) is 5.92 Å². The average molecular weight is 707 g/mol. The van der Waals surface area contributed by atoms with Gasteiger partial charge in [0, 0.05) is 24.0 Å². The molecule has 0 heterocycles. The normalized spacial score (nSPS) is 12.0. The number of nitrogens with one attached hydrogen (secondary N) is 1. The molecule has 46 heavy (non-hydrogen) atoms. The van der Waals surface area contributed by atoms with Gasteiger partial charge in [0.05, 0.1) is 17.7 Å². The molecule has 8 nitrogen and oxygen atoms in total. The molecular formula is C36H40BrN3O5S. The molecule has 0 saturated heterocycles. The van der Waals surface area contributed by atoms with Crippen molar-refractivity contribution >= 4 is 43.5 Å². The van der Waals surface area contributed by atoms with Crippen LogP contribution >= 0.6 is 15.9 Å². The van der Waals surface area contributed by atoms with E-state index in [9.17, 15) is 18.0 Å².